The lowest BCUT2D eigenvalue weighted by atomic mass is 10.3. The summed E-state index contributed by atoms with van der Waals surface area (Å²) in [7, 11) is 0. The topological polar surface area (TPSA) is 18.5 Å². The predicted octanol–water partition coefficient (Wildman–Crippen LogP) is 3.11. The molecule has 0 aromatic heterocycles. The fraction of sp³-hybridized carbons (Fsp3) is 0.400. The highest BCUT2D eigenvalue weighted by molar-refractivity contribution is 6.32. The fourth-order valence-electron chi connectivity index (χ4n) is 0.980. The van der Waals surface area contributed by atoms with Crippen LogP contribution in [-0.2, 0) is 4.74 Å². The van der Waals surface area contributed by atoms with Gasteiger partial charge in [-0.3, -0.25) is 0 Å². The summed E-state index contributed by atoms with van der Waals surface area (Å²) in [5.74, 6) is 0.0222. The largest absolute Gasteiger partial charge is 0.487 e. The number of hydrogen-bond donors (Lipinski definition) is 0. The molecule has 1 aromatic rings. The Kier molecular flexibility index (Phi) is 5.76. The van der Waals surface area contributed by atoms with Crippen LogP contribution in [0.15, 0.2) is 18.2 Å². The summed E-state index contributed by atoms with van der Waals surface area (Å²) in [5, 5.41) is 0.257. The lowest BCUT2D eigenvalue weighted by molar-refractivity contribution is 0.110. The summed E-state index contributed by atoms with van der Waals surface area (Å²) >= 11 is 11.1. The lowest BCUT2D eigenvalue weighted by Crippen LogP contribution is -2.09. The highest BCUT2D eigenvalue weighted by Gasteiger charge is 2.07. The fourth-order valence-corrected chi connectivity index (χ4v) is 1.31. The van der Waals surface area contributed by atoms with E-state index in [4.69, 9.17) is 32.7 Å². The maximum atomic E-state index is 13.2. The van der Waals surface area contributed by atoms with E-state index in [1.165, 1.54) is 12.1 Å². The van der Waals surface area contributed by atoms with Gasteiger partial charge in [0.1, 0.15) is 6.61 Å². The molecule has 0 amide bonds. The molecule has 0 radical (unpaired) electrons. The zero-order valence-electron chi connectivity index (χ0n) is 8.01. The Hall–Kier alpha value is -0.510. The van der Waals surface area contributed by atoms with Crippen molar-refractivity contribution in [2.75, 3.05) is 25.7 Å². The molecule has 0 saturated heterocycles. The van der Waals surface area contributed by atoms with E-state index >= 15 is 0 Å². The Morgan fingerprint density at radius 1 is 1.20 bits per heavy atom. The summed E-state index contributed by atoms with van der Waals surface area (Å²) in [5.41, 5.74) is 0. The minimum atomic E-state index is -0.472. The zero-order valence-corrected chi connectivity index (χ0v) is 9.52. The van der Waals surface area contributed by atoms with Crippen molar-refractivity contribution in [3.63, 3.8) is 0 Å². The minimum absolute atomic E-state index is 0.0636. The number of alkyl halides is 1. The van der Waals surface area contributed by atoms with Crippen LogP contribution in [0.5, 0.6) is 5.75 Å². The molecule has 0 N–H and O–H groups in total. The number of para-hydroxylation sites is 1. The quantitative estimate of drug-likeness (QED) is 0.572. The molecule has 0 fully saturated rings. The molecule has 0 bridgehead atoms. The second-order valence-electron chi connectivity index (χ2n) is 2.70. The van der Waals surface area contributed by atoms with E-state index in [9.17, 15) is 4.39 Å². The van der Waals surface area contributed by atoms with Crippen molar-refractivity contribution in [2.45, 2.75) is 0 Å². The minimum Gasteiger partial charge on any atom is -0.487 e. The van der Waals surface area contributed by atoms with Gasteiger partial charge in [0, 0.05) is 5.88 Å². The molecule has 84 valence electrons. The monoisotopic (exact) mass is 252 g/mol. The smallest absolute Gasteiger partial charge is 0.173 e. The van der Waals surface area contributed by atoms with E-state index in [1.807, 2.05) is 0 Å². The van der Waals surface area contributed by atoms with Gasteiger partial charge < -0.3 is 9.47 Å². The van der Waals surface area contributed by atoms with E-state index in [-0.39, 0.29) is 17.4 Å². The van der Waals surface area contributed by atoms with Crippen molar-refractivity contribution >= 4 is 23.2 Å². The van der Waals surface area contributed by atoms with Crippen LogP contribution in [0.3, 0.4) is 0 Å². The van der Waals surface area contributed by atoms with Gasteiger partial charge in [-0.1, -0.05) is 17.7 Å². The van der Waals surface area contributed by atoms with Gasteiger partial charge in [-0.05, 0) is 12.1 Å². The summed E-state index contributed by atoms with van der Waals surface area (Å²) < 4.78 is 23.4. The van der Waals surface area contributed by atoms with Gasteiger partial charge >= 0.3 is 0 Å². The standard InChI is InChI=1S/C10H11Cl2FO2/c11-4-5-14-6-7-15-10-8(12)2-1-3-9(10)13/h1-3H,4-7H2. The molecular formula is C10H11Cl2FO2. The van der Waals surface area contributed by atoms with Crippen LogP contribution in [0.2, 0.25) is 5.02 Å². The molecule has 1 rings (SSSR count). The maximum absolute atomic E-state index is 13.2. The molecule has 0 spiro atoms. The first-order valence-corrected chi connectivity index (χ1v) is 5.37. The van der Waals surface area contributed by atoms with Crippen molar-refractivity contribution < 1.29 is 13.9 Å². The Labute approximate surface area is 97.9 Å². The Bertz CT molecular complexity index is 287. The van der Waals surface area contributed by atoms with Gasteiger partial charge in [-0.15, -0.1) is 11.6 Å². The number of hydrogen-bond acceptors (Lipinski definition) is 2. The molecule has 0 aliphatic heterocycles. The molecular weight excluding hydrogens is 242 g/mol. The van der Waals surface area contributed by atoms with Crippen LogP contribution in [-0.4, -0.2) is 25.7 Å². The van der Waals surface area contributed by atoms with E-state index in [0.29, 0.717) is 19.1 Å². The highest BCUT2D eigenvalue weighted by Crippen LogP contribution is 2.26. The van der Waals surface area contributed by atoms with Crippen LogP contribution in [0.25, 0.3) is 0 Å². The molecule has 0 atom stereocenters. The second-order valence-corrected chi connectivity index (χ2v) is 3.49. The molecule has 1 aromatic carbocycles. The van der Waals surface area contributed by atoms with Gasteiger partial charge in [-0.2, -0.15) is 0 Å². The SMILES string of the molecule is Fc1cccc(Cl)c1OCCOCCCl. The molecule has 0 aliphatic carbocycles. The first kappa shape index (κ1) is 12.6. The summed E-state index contributed by atoms with van der Waals surface area (Å²) in [6, 6.07) is 4.38. The van der Waals surface area contributed by atoms with Gasteiger partial charge in [0.2, 0.25) is 0 Å². The van der Waals surface area contributed by atoms with Crippen LogP contribution in [0.4, 0.5) is 4.39 Å². The van der Waals surface area contributed by atoms with E-state index in [1.54, 1.807) is 6.07 Å². The van der Waals surface area contributed by atoms with Gasteiger partial charge in [0.25, 0.3) is 0 Å². The number of halogens is 3. The Balaban J connectivity index is 2.37. The van der Waals surface area contributed by atoms with Crippen molar-refractivity contribution in [2.24, 2.45) is 0 Å². The molecule has 2 nitrogen and oxygen atoms in total. The lowest BCUT2D eigenvalue weighted by Gasteiger charge is -2.08. The first-order valence-electron chi connectivity index (χ1n) is 4.46. The molecule has 15 heavy (non-hydrogen) atoms. The van der Waals surface area contributed by atoms with Crippen molar-refractivity contribution in [3.8, 4) is 5.75 Å². The average molecular weight is 253 g/mol. The second kappa shape index (κ2) is 6.88. The molecule has 0 saturated carbocycles. The van der Waals surface area contributed by atoms with Crippen molar-refractivity contribution in [3.05, 3.63) is 29.0 Å². The van der Waals surface area contributed by atoms with Crippen LogP contribution < -0.4 is 4.74 Å². The molecule has 0 heterocycles. The number of benzene rings is 1. The summed E-state index contributed by atoms with van der Waals surface area (Å²) in [4.78, 5) is 0. The van der Waals surface area contributed by atoms with Gasteiger partial charge in [0.15, 0.2) is 11.6 Å². The third kappa shape index (κ3) is 4.24. The number of ether oxygens (including phenoxy) is 2. The highest BCUT2D eigenvalue weighted by atomic mass is 35.5. The molecule has 0 unspecified atom stereocenters. The third-order valence-corrected chi connectivity index (χ3v) is 2.07. The summed E-state index contributed by atoms with van der Waals surface area (Å²) in [6.45, 7) is 1.06. The first-order chi connectivity index (χ1) is 7.25. The zero-order chi connectivity index (χ0) is 11.1. The normalized spacial score (nSPS) is 10.3. The Morgan fingerprint density at radius 3 is 2.67 bits per heavy atom. The van der Waals surface area contributed by atoms with E-state index in [0.717, 1.165) is 0 Å². The maximum Gasteiger partial charge on any atom is 0.173 e. The van der Waals surface area contributed by atoms with Crippen molar-refractivity contribution in [1.82, 2.24) is 0 Å². The van der Waals surface area contributed by atoms with Gasteiger partial charge in [-0.25, -0.2) is 4.39 Å². The molecule has 0 aliphatic rings. The van der Waals surface area contributed by atoms with E-state index in [2.05, 4.69) is 0 Å². The van der Waals surface area contributed by atoms with E-state index < -0.39 is 5.82 Å². The average Bonchev–Trinajstić information content (AvgIpc) is 2.21. The van der Waals surface area contributed by atoms with Crippen LogP contribution in [0.1, 0.15) is 0 Å². The predicted molar refractivity (Wildman–Crippen MR) is 58.4 cm³/mol. The van der Waals surface area contributed by atoms with Crippen molar-refractivity contribution in [1.29, 1.82) is 0 Å². The van der Waals surface area contributed by atoms with Crippen LogP contribution >= 0.6 is 23.2 Å². The number of rotatable bonds is 6. The summed E-state index contributed by atoms with van der Waals surface area (Å²) in [6.07, 6.45) is 0. The third-order valence-electron chi connectivity index (χ3n) is 1.61. The van der Waals surface area contributed by atoms with Crippen LogP contribution in [0, 0.1) is 5.82 Å². The Morgan fingerprint density at radius 2 is 2.00 bits per heavy atom. The van der Waals surface area contributed by atoms with Gasteiger partial charge in [0.05, 0.1) is 18.2 Å². The molecule has 5 heteroatoms.